The molecule has 0 aliphatic carbocycles. The predicted molar refractivity (Wildman–Crippen MR) is 78.0 cm³/mol. The van der Waals surface area contributed by atoms with Gasteiger partial charge in [-0.15, -0.1) is 11.3 Å². The van der Waals surface area contributed by atoms with E-state index in [1.54, 1.807) is 11.3 Å². The van der Waals surface area contributed by atoms with Gasteiger partial charge in [0, 0.05) is 17.5 Å². The summed E-state index contributed by atoms with van der Waals surface area (Å²) in [6, 6.07) is 7.04. The highest BCUT2D eigenvalue weighted by Crippen LogP contribution is 2.18. The fourth-order valence-electron chi connectivity index (χ4n) is 1.89. The minimum absolute atomic E-state index is 0.366. The van der Waals surface area contributed by atoms with Crippen LogP contribution in [0.4, 0.5) is 0 Å². The van der Waals surface area contributed by atoms with Crippen molar-refractivity contribution in [1.82, 2.24) is 10.3 Å². The first-order chi connectivity index (χ1) is 8.58. The third-order valence-corrected chi connectivity index (χ3v) is 4.38. The molecule has 0 radical (unpaired) electrons. The molecule has 1 atom stereocenters. The van der Waals surface area contributed by atoms with Crippen molar-refractivity contribution in [2.45, 2.75) is 40.3 Å². The number of aromatic nitrogens is 1. The standard InChI is InChI=1S/C15H20N2S/c1-10-5-6-14(7-11(10)2)12(3)16-8-15-13(4)17-9-18-15/h5-7,9,12,16H,8H2,1-4H3. The van der Waals surface area contributed by atoms with Crippen molar-refractivity contribution >= 4 is 11.3 Å². The van der Waals surface area contributed by atoms with Gasteiger partial charge in [-0.25, -0.2) is 4.98 Å². The molecule has 0 bridgehead atoms. The summed E-state index contributed by atoms with van der Waals surface area (Å²) in [6.07, 6.45) is 0. The number of nitrogens with one attached hydrogen (secondary N) is 1. The minimum atomic E-state index is 0.366. The van der Waals surface area contributed by atoms with Crippen LogP contribution >= 0.6 is 11.3 Å². The molecule has 0 fully saturated rings. The average Bonchev–Trinajstić information content (AvgIpc) is 2.75. The Bertz CT molecular complexity index is 531. The number of aryl methyl sites for hydroxylation is 3. The van der Waals surface area contributed by atoms with E-state index < -0.39 is 0 Å². The maximum absolute atomic E-state index is 4.27. The van der Waals surface area contributed by atoms with Gasteiger partial charge in [-0.05, 0) is 44.4 Å². The summed E-state index contributed by atoms with van der Waals surface area (Å²) in [5, 5.41) is 3.56. The van der Waals surface area contributed by atoms with Crippen molar-refractivity contribution < 1.29 is 0 Å². The number of benzene rings is 1. The van der Waals surface area contributed by atoms with Crippen LogP contribution in [0.25, 0.3) is 0 Å². The number of thiazole rings is 1. The topological polar surface area (TPSA) is 24.9 Å². The van der Waals surface area contributed by atoms with Crippen molar-refractivity contribution in [3.63, 3.8) is 0 Å². The van der Waals surface area contributed by atoms with E-state index in [4.69, 9.17) is 0 Å². The molecule has 3 heteroatoms. The second-order valence-corrected chi connectivity index (χ2v) is 5.75. The van der Waals surface area contributed by atoms with Gasteiger partial charge >= 0.3 is 0 Å². The number of hydrogen-bond donors (Lipinski definition) is 1. The van der Waals surface area contributed by atoms with Crippen LogP contribution < -0.4 is 5.32 Å². The van der Waals surface area contributed by atoms with Gasteiger partial charge in [0.25, 0.3) is 0 Å². The largest absolute Gasteiger partial charge is 0.305 e. The smallest absolute Gasteiger partial charge is 0.0798 e. The first-order valence-corrected chi connectivity index (χ1v) is 7.15. The Morgan fingerprint density at radius 3 is 2.61 bits per heavy atom. The molecule has 18 heavy (non-hydrogen) atoms. The van der Waals surface area contributed by atoms with Crippen molar-refractivity contribution in [1.29, 1.82) is 0 Å². The Morgan fingerprint density at radius 1 is 1.22 bits per heavy atom. The number of rotatable bonds is 4. The molecule has 0 saturated heterocycles. The monoisotopic (exact) mass is 260 g/mol. The quantitative estimate of drug-likeness (QED) is 0.901. The van der Waals surface area contributed by atoms with Gasteiger partial charge in [0.05, 0.1) is 11.2 Å². The molecule has 2 aromatic rings. The molecule has 0 amide bonds. The van der Waals surface area contributed by atoms with Crippen molar-refractivity contribution in [3.05, 3.63) is 51.0 Å². The Hall–Kier alpha value is -1.19. The van der Waals surface area contributed by atoms with Crippen LogP contribution in [-0.2, 0) is 6.54 Å². The zero-order valence-corrected chi connectivity index (χ0v) is 12.3. The van der Waals surface area contributed by atoms with Crippen molar-refractivity contribution in [3.8, 4) is 0 Å². The van der Waals surface area contributed by atoms with Gasteiger partial charge in [-0.1, -0.05) is 18.2 Å². The molecule has 0 aliphatic heterocycles. The van der Waals surface area contributed by atoms with E-state index in [1.807, 2.05) is 5.51 Å². The van der Waals surface area contributed by atoms with E-state index in [-0.39, 0.29) is 0 Å². The lowest BCUT2D eigenvalue weighted by Crippen LogP contribution is -2.18. The maximum Gasteiger partial charge on any atom is 0.0798 e. The molecular formula is C15H20N2S. The van der Waals surface area contributed by atoms with Gasteiger partial charge in [-0.3, -0.25) is 0 Å². The summed E-state index contributed by atoms with van der Waals surface area (Å²) in [5.74, 6) is 0. The lowest BCUT2D eigenvalue weighted by molar-refractivity contribution is 0.576. The molecule has 1 unspecified atom stereocenters. The second kappa shape index (κ2) is 5.63. The summed E-state index contributed by atoms with van der Waals surface area (Å²) < 4.78 is 0. The molecule has 96 valence electrons. The normalized spacial score (nSPS) is 12.7. The maximum atomic E-state index is 4.27. The molecule has 1 aromatic heterocycles. The second-order valence-electron chi connectivity index (χ2n) is 4.81. The third kappa shape index (κ3) is 2.98. The van der Waals surface area contributed by atoms with E-state index in [9.17, 15) is 0 Å². The first-order valence-electron chi connectivity index (χ1n) is 6.27. The summed E-state index contributed by atoms with van der Waals surface area (Å²) in [6.45, 7) is 9.48. The van der Waals surface area contributed by atoms with E-state index in [2.05, 4.69) is 56.2 Å². The van der Waals surface area contributed by atoms with Crippen LogP contribution in [0.2, 0.25) is 0 Å². The molecule has 1 heterocycles. The lowest BCUT2D eigenvalue weighted by atomic mass is 10.0. The molecule has 2 rings (SSSR count). The van der Waals surface area contributed by atoms with E-state index in [0.29, 0.717) is 6.04 Å². The third-order valence-electron chi connectivity index (χ3n) is 3.44. The van der Waals surface area contributed by atoms with Gasteiger partial charge in [-0.2, -0.15) is 0 Å². The molecule has 1 aromatic carbocycles. The lowest BCUT2D eigenvalue weighted by Gasteiger charge is -2.15. The van der Waals surface area contributed by atoms with Crippen molar-refractivity contribution in [2.24, 2.45) is 0 Å². The van der Waals surface area contributed by atoms with E-state index in [1.165, 1.54) is 21.6 Å². The van der Waals surface area contributed by atoms with Crippen LogP contribution in [0.1, 0.15) is 40.2 Å². The zero-order valence-electron chi connectivity index (χ0n) is 11.4. The zero-order chi connectivity index (χ0) is 13.1. The Kier molecular flexibility index (Phi) is 4.15. The summed E-state index contributed by atoms with van der Waals surface area (Å²) in [5.41, 5.74) is 7.10. The van der Waals surface area contributed by atoms with Crippen LogP contribution in [0.15, 0.2) is 23.7 Å². The first kappa shape index (κ1) is 13.2. The molecule has 0 saturated carbocycles. The van der Waals surface area contributed by atoms with E-state index >= 15 is 0 Å². The highest BCUT2D eigenvalue weighted by atomic mass is 32.1. The van der Waals surface area contributed by atoms with E-state index in [0.717, 1.165) is 12.2 Å². The SMILES string of the molecule is Cc1ccc(C(C)NCc2scnc2C)cc1C. The fourth-order valence-corrected chi connectivity index (χ4v) is 2.62. The summed E-state index contributed by atoms with van der Waals surface area (Å²) >= 11 is 1.72. The van der Waals surface area contributed by atoms with Crippen LogP contribution in [0.5, 0.6) is 0 Å². The van der Waals surface area contributed by atoms with Crippen LogP contribution in [0, 0.1) is 20.8 Å². The number of hydrogen-bond acceptors (Lipinski definition) is 3. The molecule has 1 N–H and O–H groups in total. The molecule has 2 nitrogen and oxygen atoms in total. The minimum Gasteiger partial charge on any atom is -0.305 e. The fraction of sp³-hybridized carbons (Fsp3) is 0.400. The number of nitrogens with zero attached hydrogens (tertiary/aromatic N) is 1. The van der Waals surface area contributed by atoms with Gasteiger partial charge in [0.2, 0.25) is 0 Å². The predicted octanol–water partition coefficient (Wildman–Crippen LogP) is 3.92. The Morgan fingerprint density at radius 2 is 2.00 bits per heavy atom. The van der Waals surface area contributed by atoms with Gasteiger partial charge < -0.3 is 5.32 Å². The van der Waals surface area contributed by atoms with Gasteiger partial charge in [0.15, 0.2) is 0 Å². The average molecular weight is 260 g/mol. The van der Waals surface area contributed by atoms with Gasteiger partial charge in [0.1, 0.15) is 0 Å². The summed E-state index contributed by atoms with van der Waals surface area (Å²) in [4.78, 5) is 5.60. The molecular weight excluding hydrogens is 240 g/mol. The summed E-state index contributed by atoms with van der Waals surface area (Å²) in [7, 11) is 0. The van der Waals surface area contributed by atoms with Crippen LogP contribution in [0.3, 0.4) is 0 Å². The Balaban J connectivity index is 2.01. The highest BCUT2D eigenvalue weighted by molar-refractivity contribution is 7.09. The highest BCUT2D eigenvalue weighted by Gasteiger charge is 2.07. The molecule has 0 aliphatic rings. The van der Waals surface area contributed by atoms with Crippen LogP contribution in [-0.4, -0.2) is 4.98 Å². The van der Waals surface area contributed by atoms with Crippen molar-refractivity contribution in [2.75, 3.05) is 0 Å². The Labute approximate surface area is 113 Å². The molecule has 0 spiro atoms.